The highest BCUT2D eigenvalue weighted by Gasteiger charge is 2.24. The van der Waals surface area contributed by atoms with E-state index in [-0.39, 0.29) is 16.7 Å². The molecule has 0 radical (unpaired) electrons. The summed E-state index contributed by atoms with van der Waals surface area (Å²) in [4.78, 5) is 14.8. The van der Waals surface area contributed by atoms with Crippen LogP contribution in [0.25, 0.3) is 0 Å². The Balaban J connectivity index is 3.20. The van der Waals surface area contributed by atoms with Crippen molar-refractivity contribution < 1.29 is 18.8 Å². The minimum Gasteiger partial charge on any atom is -0.395 e. The van der Waals surface area contributed by atoms with E-state index in [9.17, 15) is 18.9 Å². The van der Waals surface area contributed by atoms with Gasteiger partial charge < -0.3 is 10.0 Å². The molecule has 6 nitrogen and oxygen atoms in total. The maximum absolute atomic E-state index is 12.4. The Morgan fingerprint density at radius 1 is 1.56 bits per heavy atom. The second-order valence-corrected chi connectivity index (χ2v) is 4.16. The first-order valence-corrected chi connectivity index (χ1v) is 5.68. The molecule has 0 aliphatic heterocycles. The van der Waals surface area contributed by atoms with Crippen LogP contribution in [-0.4, -0.2) is 41.1 Å². The van der Waals surface area contributed by atoms with Crippen molar-refractivity contribution in [1.82, 2.24) is 4.98 Å². The average Bonchev–Trinajstić information content (AvgIpc) is 2.27. The van der Waals surface area contributed by atoms with Gasteiger partial charge in [0.05, 0.1) is 22.5 Å². The summed E-state index contributed by atoms with van der Waals surface area (Å²) in [6, 6.07) is 0. The number of anilines is 1. The Hall–Kier alpha value is -1.35. The molecule has 1 N–H and O–H groups in total. The fourth-order valence-corrected chi connectivity index (χ4v) is 2.02. The van der Waals surface area contributed by atoms with E-state index in [1.54, 1.807) is 0 Å². The minimum atomic E-state index is -2.67. The molecule has 18 heavy (non-hydrogen) atoms. The van der Waals surface area contributed by atoms with Crippen LogP contribution in [-0.2, 0) is 0 Å². The van der Waals surface area contributed by atoms with Crippen molar-refractivity contribution in [2.75, 3.05) is 24.6 Å². The van der Waals surface area contributed by atoms with E-state index in [1.165, 1.54) is 6.20 Å². The zero-order chi connectivity index (χ0) is 13.7. The number of alkyl halides is 2. The number of halogens is 3. The maximum Gasteiger partial charge on any atom is 0.311 e. The van der Waals surface area contributed by atoms with Crippen LogP contribution in [0.15, 0.2) is 16.9 Å². The van der Waals surface area contributed by atoms with Gasteiger partial charge in [-0.1, -0.05) is 0 Å². The van der Waals surface area contributed by atoms with Gasteiger partial charge in [-0.05, 0) is 15.9 Å². The van der Waals surface area contributed by atoms with Gasteiger partial charge in [0.15, 0.2) is 0 Å². The number of aliphatic hydroxyl groups excluding tert-OH is 1. The Kier molecular flexibility index (Phi) is 5.35. The highest BCUT2D eigenvalue weighted by Crippen LogP contribution is 2.34. The molecule has 0 bridgehead atoms. The van der Waals surface area contributed by atoms with Crippen LogP contribution in [0, 0.1) is 10.1 Å². The van der Waals surface area contributed by atoms with E-state index in [0.29, 0.717) is 0 Å². The summed E-state index contributed by atoms with van der Waals surface area (Å²) in [5.41, 5.74) is -0.400. The molecule has 0 atom stereocenters. The molecule has 1 aromatic rings. The van der Waals surface area contributed by atoms with Crippen molar-refractivity contribution in [2.24, 2.45) is 0 Å². The quantitative estimate of drug-likeness (QED) is 0.637. The first kappa shape index (κ1) is 14.7. The van der Waals surface area contributed by atoms with Crippen molar-refractivity contribution in [3.63, 3.8) is 0 Å². The van der Waals surface area contributed by atoms with Crippen LogP contribution in [0.3, 0.4) is 0 Å². The molecule has 9 heteroatoms. The lowest BCUT2D eigenvalue weighted by molar-refractivity contribution is -0.384. The summed E-state index contributed by atoms with van der Waals surface area (Å²) in [7, 11) is 0. The Bertz CT molecular complexity index is 434. The molecule has 1 rings (SSSR count). The fourth-order valence-electron chi connectivity index (χ4n) is 1.45. The SMILES string of the molecule is O=[N+]([O-])c1cncc(Br)c1N(CCO)CC(F)F. The molecule has 0 saturated carbocycles. The molecule has 0 fully saturated rings. The van der Waals surface area contributed by atoms with Gasteiger partial charge in [-0.3, -0.25) is 15.1 Å². The molecule has 0 unspecified atom stereocenters. The molecule has 0 saturated heterocycles. The van der Waals surface area contributed by atoms with Gasteiger partial charge in [-0.15, -0.1) is 0 Å². The standard InChI is InChI=1S/C9H10BrF2N3O3/c10-6-3-13-4-7(15(17)18)9(6)14(1-2-16)5-8(11)12/h3-4,8,16H,1-2,5H2. The predicted molar refractivity (Wildman–Crippen MR) is 63.9 cm³/mol. The largest absolute Gasteiger partial charge is 0.395 e. The van der Waals surface area contributed by atoms with Gasteiger partial charge in [0.25, 0.3) is 6.43 Å². The summed E-state index contributed by atoms with van der Waals surface area (Å²) in [5.74, 6) is 0. The van der Waals surface area contributed by atoms with Crippen molar-refractivity contribution in [2.45, 2.75) is 6.43 Å². The van der Waals surface area contributed by atoms with Crippen molar-refractivity contribution in [3.05, 3.63) is 27.0 Å². The molecule has 1 heterocycles. The second kappa shape index (κ2) is 6.55. The summed E-state index contributed by atoms with van der Waals surface area (Å²) in [6.07, 6.45) is -0.412. The lowest BCUT2D eigenvalue weighted by Gasteiger charge is -2.23. The zero-order valence-electron chi connectivity index (χ0n) is 9.09. The van der Waals surface area contributed by atoms with Gasteiger partial charge in [0.2, 0.25) is 0 Å². The van der Waals surface area contributed by atoms with Gasteiger partial charge in [0.1, 0.15) is 11.9 Å². The van der Waals surface area contributed by atoms with Crippen LogP contribution in [0.2, 0.25) is 0 Å². The van der Waals surface area contributed by atoms with Crippen LogP contribution in [0.1, 0.15) is 0 Å². The molecule has 1 aromatic heterocycles. The van der Waals surface area contributed by atoms with E-state index < -0.39 is 30.2 Å². The molecule has 0 aliphatic rings. The monoisotopic (exact) mass is 325 g/mol. The first-order chi connectivity index (χ1) is 8.47. The molecular formula is C9H10BrF2N3O3. The number of nitrogens with zero attached hydrogens (tertiary/aromatic N) is 3. The summed E-state index contributed by atoms with van der Waals surface area (Å²) in [6.45, 7) is -1.23. The number of hydrogen-bond donors (Lipinski definition) is 1. The van der Waals surface area contributed by atoms with Gasteiger partial charge >= 0.3 is 5.69 Å². The number of rotatable bonds is 6. The minimum absolute atomic E-state index is 0.00986. The second-order valence-electron chi connectivity index (χ2n) is 3.31. The Morgan fingerprint density at radius 2 is 2.22 bits per heavy atom. The number of pyridine rings is 1. The number of aromatic nitrogens is 1. The van der Waals surface area contributed by atoms with E-state index in [0.717, 1.165) is 11.1 Å². The van der Waals surface area contributed by atoms with Gasteiger partial charge in [0, 0.05) is 12.7 Å². The Morgan fingerprint density at radius 3 is 2.72 bits per heavy atom. The molecule has 0 aromatic carbocycles. The van der Waals surface area contributed by atoms with Crippen LogP contribution in [0.5, 0.6) is 0 Å². The first-order valence-electron chi connectivity index (χ1n) is 4.89. The average molecular weight is 326 g/mol. The zero-order valence-corrected chi connectivity index (χ0v) is 10.7. The molecule has 100 valence electrons. The summed E-state index contributed by atoms with van der Waals surface area (Å²) >= 11 is 3.04. The Labute approximate surface area is 110 Å². The number of nitro groups is 1. The van der Waals surface area contributed by atoms with E-state index >= 15 is 0 Å². The van der Waals surface area contributed by atoms with Crippen molar-refractivity contribution in [3.8, 4) is 0 Å². The molecular weight excluding hydrogens is 316 g/mol. The molecule has 0 aliphatic carbocycles. The third kappa shape index (κ3) is 3.57. The highest BCUT2D eigenvalue weighted by molar-refractivity contribution is 9.10. The normalized spacial score (nSPS) is 10.7. The van der Waals surface area contributed by atoms with Crippen LogP contribution >= 0.6 is 15.9 Å². The van der Waals surface area contributed by atoms with Gasteiger partial charge in [-0.25, -0.2) is 8.78 Å². The van der Waals surface area contributed by atoms with E-state index in [2.05, 4.69) is 20.9 Å². The molecule has 0 spiro atoms. The number of aliphatic hydroxyl groups is 1. The third-order valence-electron chi connectivity index (χ3n) is 2.09. The predicted octanol–water partition coefficient (Wildman–Crippen LogP) is 1.82. The van der Waals surface area contributed by atoms with Crippen molar-refractivity contribution >= 4 is 27.3 Å². The van der Waals surface area contributed by atoms with E-state index in [1.807, 2.05) is 0 Å². The topological polar surface area (TPSA) is 79.5 Å². The smallest absolute Gasteiger partial charge is 0.311 e. The summed E-state index contributed by atoms with van der Waals surface area (Å²) < 4.78 is 25.1. The van der Waals surface area contributed by atoms with Gasteiger partial charge in [-0.2, -0.15) is 0 Å². The number of hydrogen-bond acceptors (Lipinski definition) is 5. The van der Waals surface area contributed by atoms with Crippen LogP contribution < -0.4 is 4.90 Å². The third-order valence-corrected chi connectivity index (χ3v) is 2.68. The summed E-state index contributed by atoms with van der Waals surface area (Å²) in [5, 5.41) is 19.7. The lowest BCUT2D eigenvalue weighted by Crippen LogP contribution is -2.32. The van der Waals surface area contributed by atoms with Crippen molar-refractivity contribution in [1.29, 1.82) is 0 Å². The highest BCUT2D eigenvalue weighted by atomic mass is 79.9. The maximum atomic E-state index is 12.4. The molecule has 0 amide bonds. The fraction of sp³-hybridized carbons (Fsp3) is 0.444. The lowest BCUT2D eigenvalue weighted by atomic mass is 10.3. The van der Waals surface area contributed by atoms with E-state index in [4.69, 9.17) is 5.11 Å². The van der Waals surface area contributed by atoms with Crippen LogP contribution in [0.4, 0.5) is 20.2 Å².